The van der Waals surface area contributed by atoms with Gasteiger partial charge in [0.25, 0.3) is 0 Å². The molecule has 94 valence electrons. The lowest BCUT2D eigenvalue weighted by Crippen LogP contribution is -2.14. The third-order valence-electron chi connectivity index (χ3n) is 2.68. The summed E-state index contributed by atoms with van der Waals surface area (Å²) in [5.74, 6) is 0. The Morgan fingerprint density at radius 2 is 2.22 bits per heavy atom. The minimum Gasteiger partial charge on any atom is -0.389 e. The number of nitrogens with one attached hydrogen (secondary N) is 1. The van der Waals surface area contributed by atoms with E-state index in [1.165, 1.54) is 5.56 Å². The molecule has 0 unspecified atom stereocenters. The molecule has 1 aromatic heterocycles. The molecule has 0 atom stereocenters. The van der Waals surface area contributed by atoms with Gasteiger partial charge >= 0.3 is 0 Å². The molecule has 0 amide bonds. The topological polar surface area (TPSA) is 55.9 Å². The van der Waals surface area contributed by atoms with E-state index in [9.17, 15) is 0 Å². The fourth-order valence-electron chi connectivity index (χ4n) is 1.79. The van der Waals surface area contributed by atoms with Gasteiger partial charge in [-0.25, -0.2) is 0 Å². The highest BCUT2D eigenvalue weighted by atomic mass is 32.1. The molecule has 1 aromatic carbocycles. The van der Waals surface area contributed by atoms with Crippen LogP contribution in [0.1, 0.15) is 11.1 Å². The number of hydrogen-bond donors (Lipinski definition) is 2. The van der Waals surface area contributed by atoms with Crippen LogP contribution in [0.4, 0.5) is 5.69 Å². The summed E-state index contributed by atoms with van der Waals surface area (Å²) >= 11 is 5.02. The first-order valence-corrected chi connectivity index (χ1v) is 6.18. The van der Waals surface area contributed by atoms with Crippen molar-refractivity contribution >= 4 is 22.9 Å². The second kappa shape index (κ2) is 5.64. The Morgan fingerprint density at radius 3 is 2.89 bits per heavy atom. The van der Waals surface area contributed by atoms with Crippen LogP contribution in [0.2, 0.25) is 0 Å². The van der Waals surface area contributed by atoms with Crippen LogP contribution in [0.15, 0.2) is 36.7 Å². The fraction of sp³-hybridized carbons (Fsp3) is 0.231. The van der Waals surface area contributed by atoms with Crippen molar-refractivity contribution in [1.82, 2.24) is 9.78 Å². The Hall–Kier alpha value is -1.88. The largest absolute Gasteiger partial charge is 0.389 e. The van der Waals surface area contributed by atoms with E-state index in [2.05, 4.69) is 10.4 Å². The number of benzene rings is 1. The molecule has 5 heteroatoms. The first-order chi connectivity index (χ1) is 8.66. The van der Waals surface area contributed by atoms with E-state index in [4.69, 9.17) is 18.0 Å². The van der Waals surface area contributed by atoms with Crippen molar-refractivity contribution in [3.63, 3.8) is 0 Å². The molecule has 0 aliphatic rings. The smallest absolute Gasteiger partial charge is 0.106 e. The third-order valence-corrected chi connectivity index (χ3v) is 2.90. The highest BCUT2D eigenvalue weighted by Crippen LogP contribution is 2.14. The molecule has 2 rings (SSSR count). The lowest BCUT2D eigenvalue weighted by atomic mass is 10.1. The van der Waals surface area contributed by atoms with Gasteiger partial charge in [0.15, 0.2) is 0 Å². The van der Waals surface area contributed by atoms with Crippen LogP contribution >= 0.6 is 12.2 Å². The van der Waals surface area contributed by atoms with Gasteiger partial charge in [-0.3, -0.25) is 4.68 Å². The Balaban J connectivity index is 1.96. The quantitative estimate of drug-likeness (QED) is 0.804. The first kappa shape index (κ1) is 12.6. The van der Waals surface area contributed by atoms with Crippen LogP contribution in [0.3, 0.4) is 0 Å². The standard InChI is InChI=1S/C13H16N4S/c1-17-9-10(8-16-17)6-7-15-12-5-3-2-4-11(12)13(14)18/h2-5,8-9,15H,6-7H2,1H3,(H2,14,18). The summed E-state index contributed by atoms with van der Waals surface area (Å²) in [6, 6.07) is 7.81. The Labute approximate surface area is 112 Å². The monoisotopic (exact) mass is 260 g/mol. The van der Waals surface area contributed by atoms with Crippen LogP contribution in [-0.2, 0) is 13.5 Å². The number of rotatable bonds is 5. The molecule has 0 fully saturated rings. The van der Waals surface area contributed by atoms with Gasteiger partial charge in [-0.2, -0.15) is 5.10 Å². The Kier molecular flexibility index (Phi) is 3.94. The molecule has 0 spiro atoms. The van der Waals surface area contributed by atoms with E-state index in [0.29, 0.717) is 4.99 Å². The van der Waals surface area contributed by atoms with Gasteiger partial charge < -0.3 is 11.1 Å². The number of aryl methyl sites for hydroxylation is 1. The van der Waals surface area contributed by atoms with Gasteiger partial charge in [-0.15, -0.1) is 0 Å². The number of thiocarbonyl (C=S) groups is 1. The molecule has 0 saturated heterocycles. The Morgan fingerprint density at radius 1 is 1.44 bits per heavy atom. The van der Waals surface area contributed by atoms with E-state index < -0.39 is 0 Å². The molecule has 0 aliphatic carbocycles. The predicted octanol–water partition coefficient (Wildman–Crippen LogP) is 1.71. The molecule has 1 heterocycles. The van der Waals surface area contributed by atoms with Gasteiger partial charge in [-0.1, -0.05) is 24.4 Å². The molecular weight excluding hydrogens is 244 g/mol. The highest BCUT2D eigenvalue weighted by molar-refractivity contribution is 7.80. The van der Waals surface area contributed by atoms with Crippen LogP contribution < -0.4 is 11.1 Å². The van der Waals surface area contributed by atoms with Gasteiger partial charge in [0.05, 0.1) is 6.20 Å². The van der Waals surface area contributed by atoms with Crippen molar-refractivity contribution in [3.05, 3.63) is 47.8 Å². The minimum absolute atomic E-state index is 0.416. The second-order valence-corrected chi connectivity index (χ2v) is 4.55. The zero-order valence-electron chi connectivity index (χ0n) is 10.3. The number of anilines is 1. The van der Waals surface area contributed by atoms with Gasteiger partial charge in [0.2, 0.25) is 0 Å². The van der Waals surface area contributed by atoms with Gasteiger partial charge in [-0.05, 0) is 24.1 Å². The molecular formula is C13H16N4S. The molecule has 0 bridgehead atoms. The van der Waals surface area contributed by atoms with E-state index in [1.54, 1.807) is 4.68 Å². The summed E-state index contributed by atoms with van der Waals surface area (Å²) in [6.07, 6.45) is 4.81. The number of para-hydroxylation sites is 1. The predicted molar refractivity (Wildman–Crippen MR) is 77.7 cm³/mol. The van der Waals surface area contributed by atoms with Crippen LogP contribution in [0.25, 0.3) is 0 Å². The van der Waals surface area contributed by atoms with Crippen molar-refractivity contribution in [1.29, 1.82) is 0 Å². The van der Waals surface area contributed by atoms with Crippen molar-refractivity contribution in [3.8, 4) is 0 Å². The van der Waals surface area contributed by atoms with Crippen molar-refractivity contribution < 1.29 is 0 Å². The summed E-state index contributed by atoms with van der Waals surface area (Å²) in [6.45, 7) is 0.825. The summed E-state index contributed by atoms with van der Waals surface area (Å²) < 4.78 is 1.80. The Bertz CT molecular complexity index is 547. The SMILES string of the molecule is Cn1cc(CCNc2ccccc2C(N)=S)cn1. The summed E-state index contributed by atoms with van der Waals surface area (Å²) in [5, 5.41) is 7.48. The minimum atomic E-state index is 0.416. The maximum atomic E-state index is 5.68. The number of nitrogens with zero attached hydrogens (tertiary/aromatic N) is 2. The van der Waals surface area contributed by atoms with Gasteiger partial charge in [0, 0.05) is 31.0 Å². The van der Waals surface area contributed by atoms with E-state index in [1.807, 2.05) is 43.7 Å². The maximum Gasteiger partial charge on any atom is 0.106 e. The number of hydrogen-bond acceptors (Lipinski definition) is 3. The van der Waals surface area contributed by atoms with E-state index >= 15 is 0 Å². The summed E-state index contributed by atoms with van der Waals surface area (Å²) in [7, 11) is 1.92. The molecule has 4 nitrogen and oxygen atoms in total. The zero-order chi connectivity index (χ0) is 13.0. The van der Waals surface area contributed by atoms with Crippen LogP contribution in [0.5, 0.6) is 0 Å². The van der Waals surface area contributed by atoms with Crippen LogP contribution in [0, 0.1) is 0 Å². The maximum absolute atomic E-state index is 5.68. The molecule has 0 radical (unpaired) electrons. The average molecular weight is 260 g/mol. The fourth-order valence-corrected chi connectivity index (χ4v) is 1.97. The number of aromatic nitrogens is 2. The zero-order valence-corrected chi connectivity index (χ0v) is 11.1. The lowest BCUT2D eigenvalue weighted by Gasteiger charge is -2.10. The van der Waals surface area contributed by atoms with Crippen LogP contribution in [-0.4, -0.2) is 21.3 Å². The van der Waals surface area contributed by atoms with E-state index in [0.717, 1.165) is 24.2 Å². The molecule has 18 heavy (non-hydrogen) atoms. The normalized spacial score (nSPS) is 10.3. The second-order valence-electron chi connectivity index (χ2n) is 4.11. The lowest BCUT2D eigenvalue weighted by molar-refractivity contribution is 0.767. The van der Waals surface area contributed by atoms with E-state index in [-0.39, 0.29) is 0 Å². The summed E-state index contributed by atoms with van der Waals surface area (Å²) in [5.41, 5.74) is 8.75. The molecule has 3 N–H and O–H groups in total. The first-order valence-electron chi connectivity index (χ1n) is 5.77. The van der Waals surface area contributed by atoms with Crippen molar-refractivity contribution in [2.75, 3.05) is 11.9 Å². The van der Waals surface area contributed by atoms with Crippen molar-refractivity contribution in [2.45, 2.75) is 6.42 Å². The van der Waals surface area contributed by atoms with Gasteiger partial charge in [0.1, 0.15) is 4.99 Å². The molecule has 0 aliphatic heterocycles. The number of nitrogens with two attached hydrogens (primary N) is 1. The third kappa shape index (κ3) is 3.07. The average Bonchev–Trinajstić information content (AvgIpc) is 2.75. The molecule has 2 aromatic rings. The molecule has 0 saturated carbocycles. The van der Waals surface area contributed by atoms with Crippen molar-refractivity contribution in [2.24, 2.45) is 12.8 Å². The summed E-state index contributed by atoms with van der Waals surface area (Å²) in [4.78, 5) is 0.416. The highest BCUT2D eigenvalue weighted by Gasteiger charge is 2.03.